The second-order valence-electron chi connectivity index (χ2n) is 13.0. The van der Waals surface area contributed by atoms with E-state index >= 15 is 9.59 Å². The second kappa shape index (κ2) is 16.7. The Kier molecular flexibility index (Phi) is 11.9. The average Bonchev–Trinajstić information content (AvgIpc) is 3.20. The Balaban J connectivity index is 1.58. The number of nitrogens with zero attached hydrogens (tertiary/aromatic N) is 2. The molecule has 1 aliphatic heterocycles. The summed E-state index contributed by atoms with van der Waals surface area (Å²) >= 11 is 0. The summed E-state index contributed by atoms with van der Waals surface area (Å²) in [5, 5.41) is 2.73. The van der Waals surface area contributed by atoms with E-state index in [9.17, 15) is 9.59 Å². The summed E-state index contributed by atoms with van der Waals surface area (Å²) < 4.78 is 10.7. The molecule has 1 aliphatic rings. The fourth-order valence-electron chi connectivity index (χ4n) is 5.98. The number of hydrogen-bond donors (Lipinski definition) is 1. The standard InChI is InChI=1S/C42H43N3O6/c1-5-50-37(46)29-36(31-19-11-6-12-20-31)45-38(32-21-13-7-14-22-32)40(48)44(33-23-15-8-16-24-33)35-26-25-30(28-34(35)39(45)47)18-10-9-17-27-43-41(49)51-42(2,3)4/h6-8,11-16,19-26,28,36,38H,5,9,17,27,29H2,1-4H3,(H,43,49). The van der Waals surface area contributed by atoms with Gasteiger partial charge in [0.15, 0.2) is 0 Å². The number of carbonyl (C=O) groups is 4. The fraction of sp³-hybridized carbons (Fsp3) is 0.286. The van der Waals surface area contributed by atoms with Gasteiger partial charge in [0.05, 0.1) is 30.3 Å². The quantitative estimate of drug-likeness (QED) is 0.103. The van der Waals surface area contributed by atoms with Crippen molar-refractivity contribution >= 4 is 35.3 Å². The maximum absolute atomic E-state index is 15.1. The first-order chi connectivity index (χ1) is 24.6. The van der Waals surface area contributed by atoms with E-state index in [2.05, 4.69) is 17.2 Å². The number of ether oxygens (including phenoxy) is 2. The molecule has 4 aromatic carbocycles. The van der Waals surface area contributed by atoms with Gasteiger partial charge in [0.1, 0.15) is 11.6 Å². The SMILES string of the molecule is CCOC(=O)CC(c1ccccc1)N1C(=O)c2cc(C#CCCCNC(=O)OC(C)(C)C)ccc2N(c2ccccc2)C(=O)C1c1ccccc1. The van der Waals surface area contributed by atoms with E-state index in [1.807, 2.05) is 112 Å². The third-order valence-electron chi connectivity index (χ3n) is 8.13. The molecule has 1 heterocycles. The fourth-order valence-corrected chi connectivity index (χ4v) is 5.98. The Morgan fingerprint density at radius 1 is 0.882 bits per heavy atom. The number of carbonyl (C=O) groups excluding carboxylic acids is 4. The van der Waals surface area contributed by atoms with Gasteiger partial charge in [-0.15, -0.1) is 0 Å². The van der Waals surface area contributed by atoms with Crippen LogP contribution in [-0.4, -0.2) is 47.5 Å². The highest BCUT2D eigenvalue weighted by molar-refractivity contribution is 6.14. The topological polar surface area (TPSA) is 105 Å². The summed E-state index contributed by atoms with van der Waals surface area (Å²) in [6.45, 7) is 7.73. The predicted octanol–water partition coefficient (Wildman–Crippen LogP) is 7.90. The average molecular weight is 686 g/mol. The summed E-state index contributed by atoms with van der Waals surface area (Å²) in [5.41, 5.74) is 2.58. The normalized spacial score (nSPS) is 14.8. The number of rotatable bonds is 10. The van der Waals surface area contributed by atoms with Crippen LogP contribution in [0.1, 0.15) is 86.1 Å². The Bertz CT molecular complexity index is 1900. The summed E-state index contributed by atoms with van der Waals surface area (Å²) in [6.07, 6.45) is 0.462. The first-order valence-corrected chi connectivity index (χ1v) is 17.1. The molecular formula is C42H43N3O6. The minimum atomic E-state index is -1.09. The monoisotopic (exact) mass is 685 g/mol. The van der Waals surface area contributed by atoms with E-state index in [0.717, 1.165) is 0 Å². The van der Waals surface area contributed by atoms with Crippen LogP contribution in [0.25, 0.3) is 0 Å². The van der Waals surface area contributed by atoms with Crippen molar-refractivity contribution in [2.45, 2.75) is 64.6 Å². The lowest BCUT2D eigenvalue weighted by Gasteiger charge is -2.37. The van der Waals surface area contributed by atoms with Gasteiger partial charge in [-0.25, -0.2) is 4.79 Å². The number of unbranched alkanes of at least 4 members (excludes halogenated alkanes) is 1. The molecule has 0 fully saturated rings. The Morgan fingerprint density at radius 3 is 2.18 bits per heavy atom. The number of para-hydroxylation sites is 1. The van der Waals surface area contributed by atoms with Crippen LogP contribution >= 0.6 is 0 Å². The number of nitrogens with one attached hydrogen (secondary N) is 1. The van der Waals surface area contributed by atoms with E-state index in [1.165, 1.54) is 4.90 Å². The molecule has 3 amide bonds. The van der Waals surface area contributed by atoms with Crippen LogP contribution in [0.15, 0.2) is 109 Å². The summed E-state index contributed by atoms with van der Waals surface area (Å²) in [5.74, 6) is 5.04. The van der Waals surface area contributed by atoms with E-state index in [-0.39, 0.29) is 24.5 Å². The van der Waals surface area contributed by atoms with E-state index in [4.69, 9.17) is 9.47 Å². The lowest BCUT2D eigenvalue weighted by Crippen LogP contribution is -2.43. The summed E-state index contributed by atoms with van der Waals surface area (Å²) in [7, 11) is 0. The number of esters is 1. The highest BCUT2D eigenvalue weighted by Crippen LogP contribution is 2.43. The highest BCUT2D eigenvalue weighted by Gasteiger charge is 2.45. The summed E-state index contributed by atoms with van der Waals surface area (Å²) in [6, 6.07) is 31.0. The van der Waals surface area contributed by atoms with Crippen molar-refractivity contribution in [1.82, 2.24) is 10.2 Å². The molecule has 0 radical (unpaired) electrons. The van der Waals surface area contributed by atoms with Crippen LogP contribution in [0.4, 0.5) is 16.2 Å². The van der Waals surface area contributed by atoms with Crippen LogP contribution in [0.3, 0.4) is 0 Å². The Morgan fingerprint density at radius 2 is 1.53 bits per heavy atom. The number of alkyl carbamates (subject to hydrolysis) is 1. The van der Waals surface area contributed by atoms with Crippen molar-refractivity contribution in [2.24, 2.45) is 0 Å². The number of amides is 3. The Hall–Kier alpha value is -5.88. The smallest absolute Gasteiger partial charge is 0.407 e. The minimum absolute atomic E-state index is 0.155. The molecule has 0 aromatic heterocycles. The summed E-state index contributed by atoms with van der Waals surface area (Å²) in [4.78, 5) is 58.4. The molecule has 2 unspecified atom stereocenters. The van der Waals surface area contributed by atoms with Gasteiger partial charge in [-0.3, -0.25) is 19.3 Å². The lowest BCUT2D eigenvalue weighted by atomic mass is 9.95. The van der Waals surface area contributed by atoms with Crippen molar-refractivity contribution in [1.29, 1.82) is 0 Å². The van der Waals surface area contributed by atoms with E-state index in [0.29, 0.717) is 47.5 Å². The molecule has 5 rings (SSSR count). The molecule has 0 saturated carbocycles. The number of anilines is 2. The highest BCUT2D eigenvalue weighted by atomic mass is 16.6. The van der Waals surface area contributed by atoms with Crippen LogP contribution in [0.2, 0.25) is 0 Å². The van der Waals surface area contributed by atoms with Crippen molar-refractivity contribution in [3.05, 3.63) is 131 Å². The molecular weight excluding hydrogens is 642 g/mol. The molecule has 0 aliphatic carbocycles. The van der Waals surface area contributed by atoms with Gasteiger partial charge in [0.25, 0.3) is 11.8 Å². The molecule has 1 N–H and O–H groups in total. The maximum atomic E-state index is 15.1. The first-order valence-electron chi connectivity index (χ1n) is 17.1. The molecule has 0 spiro atoms. The van der Waals surface area contributed by atoms with Gasteiger partial charge < -0.3 is 19.7 Å². The zero-order valence-corrected chi connectivity index (χ0v) is 29.4. The third-order valence-corrected chi connectivity index (χ3v) is 8.13. The van der Waals surface area contributed by atoms with Crippen LogP contribution in [0, 0.1) is 11.8 Å². The van der Waals surface area contributed by atoms with Gasteiger partial charge in [-0.05, 0) is 75.6 Å². The van der Waals surface area contributed by atoms with E-state index < -0.39 is 35.7 Å². The molecule has 0 bridgehead atoms. The van der Waals surface area contributed by atoms with Gasteiger partial charge in [0.2, 0.25) is 0 Å². The van der Waals surface area contributed by atoms with Gasteiger partial charge in [-0.1, -0.05) is 90.7 Å². The number of fused-ring (bicyclic) bond motifs is 1. The maximum Gasteiger partial charge on any atom is 0.407 e. The molecule has 262 valence electrons. The largest absolute Gasteiger partial charge is 0.466 e. The second-order valence-corrected chi connectivity index (χ2v) is 13.0. The predicted molar refractivity (Wildman–Crippen MR) is 196 cm³/mol. The third kappa shape index (κ3) is 9.22. The lowest BCUT2D eigenvalue weighted by molar-refractivity contribution is -0.145. The molecule has 51 heavy (non-hydrogen) atoms. The van der Waals surface area contributed by atoms with Crippen molar-refractivity contribution < 1.29 is 28.7 Å². The Labute approximate surface area is 299 Å². The van der Waals surface area contributed by atoms with Gasteiger partial charge in [-0.2, -0.15) is 0 Å². The van der Waals surface area contributed by atoms with Crippen molar-refractivity contribution in [3.63, 3.8) is 0 Å². The van der Waals surface area contributed by atoms with Gasteiger partial charge >= 0.3 is 12.1 Å². The zero-order chi connectivity index (χ0) is 36.4. The van der Waals surface area contributed by atoms with Crippen molar-refractivity contribution in [3.8, 4) is 11.8 Å². The van der Waals surface area contributed by atoms with Crippen LogP contribution in [-0.2, 0) is 19.1 Å². The molecule has 9 nitrogen and oxygen atoms in total. The van der Waals surface area contributed by atoms with E-state index in [1.54, 1.807) is 30.0 Å². The zero-order valence-electron chi connectivity index (χ0n) is 29.4. The van der Waals surface area contributed by atoms with Gasteiger partial charge in [0, 0.05) is 24.2 Å². The molecule has 2 atom stereocenters. The number of benzene rings is 4. The minimum Gasteiger partial charge on any atom is -0.466 e. The molecule has 0 saturated heterocycles. The molecule has 9 heteroatoms. The van der Waals surface area contributed by atoms with Crippen LogP contribution in [0.5, 0.6) is 0 Å². The van der Waals surface area contributed by atoms with Crippen molar-refractivity contribution in [2.75, 3.05) is 18.1 Å². The molecule has 4 aromatic rings. The first kappa shape index (κ1) is 36.4. The van der Waals surface area contributed by atoms with Crippen LogP contribution < -0.4 is 10.2 Å². The number of hydrogen-bond acceptors (Lipinski definition) is 6.